The molecule has 1 N–H and O–H groups in total. The number of amides is 1. The normalized spacial score (nSPS) is 18.1. The van der Waals surface area contributed by atoms with E-state index in [1.165, 1.54) is 0 Å². The summed E-state index contributed by atoms with van der Waals surface area (Å²) in [4.78, 5) is 25.9. The van der Waals surface area contributed by atoms with Gasteiger partial charge in [0.15, 0.2) is 11.5 Å². The molecule has 0 saturated carbocycles. The van der Waals surface area contributed by atoms with Crippen LogP contribution in [-0.2, 0) is 11.2 Å². The molecule has 2 aliphatic heterocycles. The van der Waals surface area contributed by atoms with Crippen LogP contribution >= 0.6 is 0 Å². The predicted octanol–water partition coefficient (Wildman–Crippen LogP) is 3.45. The van der Waals surface area contributed by atoms with Gasteiger partial charge in [0.25, 0.3) is 0 Å². The van der Waals surface area contributed by atoms with Crippen LogP contribution in [0, 0.1) is 0 Å². The molecule has 4 rings (SSSR count). The number of ether oxygens (including phenoxy) is 2. The van der Waals surface area contributed by atoms with E-state index < -0.39 is 5.97 Å². The van der Waals surface area contributed by atoms with E-state index in [1.807, 2.05) is 29.2 Å². The van der Waals surface area contributed by atoms with Gasteiger partial charge in [0.05, 0.1) is 5.56 Å². The fraction of sp³-hybridized carbons (Fsp3) is 0.364. The van der Waals surface area contributed by atoms with Crippen LogP contribution in [0.25, 0.3) is 0 Å². The first-order chi connectivity index (χ1) is 13.6. The maximum absolute atomic E-state index is 12.7. The molecule has 1 saturated heterocycles. The highest BCUT2D eigenvalue weighted by molar-refractivity contribution is 5.87. The van der Waals surface area contributed by atoms with Crippen molar-refractivity contribution in [3.05, 3.63) is 59.2 Å². The van der Waals surface area contributed by atoms with Gasteiger partial charge in [0, 0.05) is 25.4 Å². The van der Waals surface area contributed by atoms with Crippen LogP contribution in [-0.4, -0.2) is 41.8 Å². The van der Waals surface area contributed by atoms with Crippen LogP contribution in [0.15, 0.2) is 42.5 Å². The van der Waals surface area contributed by atoms with Crippen LogP contribution in [0.4, 0.5) is 0 Å². The van der Waals surface area contributed by atoms with E-state index >= 15 is 0 Å². The summed E-state index contributed by atoms with van der Waals surface area (Å²) in [7, 11) is 0. The summed E-state index contributed by atoms with van der Waals surface area (Å²) in [5.41, 5.74) is 2.34. The highest BCUT2D eigenvalue weighted by Gasteiger charge is 2.25. The Labute approximate surface area is 163 Å². The van der Waals surface area contributed by atoms with E-state index in [-0.39, 0.29) is 18.6 Å². The Balaban J connectivity index is 1.37. The van der Waals surface area contributed by atoms with Gasteiger partial charge in [-0.15, -0.1) is 0 Å². The molecule has 0 aromatic heterocycles. The molecule has 28 heavy (non-hydrogen) atoms. The third-order valence-electron chi connectivity index (χ3n) is 5.44. The Kier molecular flexibility index (Phi) is 5.19. The van der Waals surface area contributed by atoms with Gasteiger partial charge in [-0.1, -0.05) is 18.2 Å². The van der Waals surface area contributed by atoms with Crippen LogP contribution in [0.5, 0.6) is 11.5 Å². The number of aromatic carboxylic acids is 1. The number of likely N-dealkylation sites (tertiary alicyclic amines) is 1. The summed E-state index contributed by atoms with van der Waals surface area (Å²) in [5.74, 6) is 0.882. The number of hydrogen-bond acceptors (Lipinski definition) is 4. The smallest absolute Gasteiger partial charge is 0.335 e. The van der Waals surface area contributed by atoms with Crippen LogP contribution in [0.2, 0.25) is 0 Å². The standard InChI is InChI=1S/C22H23NO5/c24-21(9-7-15-6-8-19-20(11-15)28-14-27-19)23-10-2-5-18(13-23)16-3-1-4-17(12-16)22(25)26/h1,3-4,6,8,11-12,18H,2,5,7,9-10,13-14H2,(H,25,26)/t18-/m0/s1. The van der Waals surface area contributed by atoms with E-state index in [0.29, 0.717) is 24.9 Å². The number of aryl methyl sites for hydroxylation is 1. The lowest BCUT2D eigenvalue weighted by molar-refractivity contribution is -0.132. The molecule has 2 aromatic rings. The zero-order valence-electron chi connectivity index (χ0n) is 15.6. The minimum Gasteiger partial charge on any atom is -0.478 e. The topological polar surface area (TPSA) is 76.1 Å². The SMILES string of the molecule is O=C(O)c1cccc([C@H]2CCCN(C(=O)CCc3ccc4c(c3)OCO4)C2)c1. The second-order valence-electron chi connectivity index (χ2n) is 7.30. The molecule has 0 radical (unpaired) electrons. The molecule has 0 spiro atoms. The van der Waals surface area contributed by atoms with Gasteiger partial charge in [0.1, 0.15) is 0 Å². The number of nitrogens with zero attached hydrogens (tertiary/aromatic N) is 1. The van der Waals surface area contributed by atoms with Crippen molar-refractivity contribution >= 4 is 11.9 Å². The number of benzene rings is 2. The Morgan fingerprint density at radius 3 is 2.82 bits per heavy atom. The third-order valence-corrected chi connectivity index (χ3v) is 5.44. The zero-order chi connectivity index (χ0) is 19.5. The van der Waals surface area contributed by atoms with Crippen molar-refractivity contribution < 1.29 is 24.2 Å². The predicted molar refractivity (Wildman–Crippen MR) is 103 cm³/mol. The van der Waals surface area contributed by atoms with Crippen molar-refractivity contribution in [1.29, 1.82) is 0 Å². The Bertz CT molecular complexity index is 894. The molecular weight excluding hydrogens is 358 g/mol. The number of fused-ring (bicyclic) bond motifs is 1. The van der Waals surface area contributed by atoms with E-state index in [1.54, 1.807) is 18.2 Å². The average molecular weight is 381 g/mol. The number of carbonyl (C=O) groups excluding carboxylic acids is 1. The highest BCUT2D eigenvalue weighted by atomic mass is 16.7. The third kappa shape index (κ3) is 3.96. The molecule has 6 nitrogen and oxygen atoms in total. The highest BCUT2D eigenvalue weighted by Crippen LogP contribution is 2.33. The number of carbonyl (C=O) groups is 2. The molecule has 0 aliphatic carbocycles. The average Bonchev–Trinajstić information content (AvgIpc) is 3.20. The fourth-order valence-corrected chi connectivity index (χ4v) is 3.91. The Hall–Kier alpha value is -3.02. The molecule has 2 aromatic carbocycles. The summed E-state index contributed by atoms with van der Waals surface area (Å²) in [5, 5.41) is 9.20. The van der Waals surface area contributed by atoms with Crippen molar-refractivity contribution in [1.82, 2.24) is 4.90 Å². The summed E-state index contributed by atoms with van der Waals surface area (Å²) in [6.07, 6.45) is 3.00. The molecule has 2 heterocycles. The van der Waals surface area contributed by atoms with E-state index in [4.69, 9.17) is 9.47 Å². The summed E-state index contributed by atoms with van der Waals surface area (Å²) < 4.78 is 10.7. The molecule has 146 valence electrons. The van der Waals surface area contributed by atoms with Crippen LogP contribution < -0.4 is 9.47 Å². The molecule has 0 unspecified atom stereocenters. The second-order valence-corrected chi connectivity index (χ2v) is 7.30. The molecule has 6 heteroatoms. The lowest BCUT2D eigenvalue weighted by atomic mass is 9.89. The van der Waals surface area contributed by atoms with Gasteiger partial charge < -0.3 is 19.5 Å². The fourth-order valence-electron chi connectivity index (χ4n) is 3.91. The zero-order valence-corrected chi connectivity index (χ0v) is 15.6. The van der Waals surface area contributed by atoms with Gasteiger partial charge >= 0.3 is 5.97 Å². The van der Waals surface area contributed by atoms with E-state index in [2.05, 4.69) is 0 Å². The van der Waals surface area contributed by atoms with Crippen LogP contribution in [0.3, 0.4) is 0 Å². The summed E-state index contributed by atoms with van der Waals surface area (Å²) in [6, 6.07) is 12.9. The van der Waals surface area contributed by atoms with Crippen LogP contribution in [0.1, 0.15) is 46.7 Å². The van der Waals surface area contributed by atoms with Gasteiger partial charge in [-0.3, -0.25) is 4.79 Å². The maximum Gasteiger partial charge on any atom is 0.335 e. The number of hydrogen-bond donors (Lipinski definition) is 1. The molecule has 1 amide bonds. The Morgan fingerprint density at radius 1 is 1.11 bits per heavy atom. The van der Waals surface area contributed by atoms with Gasteiger partial charge in [-0.05, 0) is 54.7 Å². The quantitative estimate of drug-likeness (QED) is 0.858. The van der Waals surface area contributed by atoms with Crippen molar-refractivity contribution in [2.75, 3.05) is 19.9 Å². The molecule has 2 aliphatic rings. The first-order valence-corrected chi connectivity index (χ1v) is 9.60. The van der Waals surface area contributed by atoms with E-state index in [0.717, 1.165) is 42.0 Å². The lowest BCUT2D eigenvalue weighted by Gasteiger charge is -2.33. The maximum atomic E-state index is 12.7. The minimum absolute atomic E-state index is 0.136. The molecule has 0 bridgehead atoms. The second kappa shape index (κ2) is 7.92. The largest absolute Gasteiger partial charge is 0.478 e. The molecular formula is C22H23NO5. The summed E-state index contributed by atoms with van der Waals surface area (Å²) in [6.45, 7) is 1.65. The van der Waals surface area contributed by atoms with Gasteiger partial charge in [-0.25, -0.2) is 4.79 Å². The lowest BCUT2D eigenvalue weighted by Crippen LogP contribution is -2.39. The monoisotopic (exact) mass is 381 g/mol. The van der Waals surface area contributed by atoms with E-state index in [9.17, 15) is 14.7 Å². The number of rotatable bonds is 5. The minimum atomic E-state index is -0.922. The first kappa shape index (κ1) is 18.3. The Morgan fingerprint density at radius 2 is 1.96 bits per heavy atom. The first-order valence-electron chi connectivity index (χ1n) is 9.60. The van der Waals surface area contributed by atoms with Gasteiger partial charge in [0.2, 0.25) is 12.7 Å². The molecule has 1 fully saturated rings. The van der Waals surface area contributed by atoms with Crippen molar-refractivity contribution in [3.63, 3.8) is 0 Å². The number of carboxylic acid groups (broad SMARTS) is 1. The number of carboxylic acids is 1. The van der Waals surface area contributed by atoms with Crippen molar-refractivity contribution in [2.24, 2.45) is 0 Å². The van der Waals surface area contributed by atoms with Crippen molar-refractivity contribution in [3.8, 4) is 11.5 Å². The molecule has 1 atom stereocenters. The summed E-state index contributed by atoms with van der Waals surface area (Å²) >= 11 is 0. The number of piperidine rings is 1. The van der Waals surface area contributed by atoms with Gasteiger partial charge in [-0.2, -0.15) is 0 Å². The van der Waals surface area contributed by atoms with Crippen molar-refractivity contribution in [2.45, 2.75) is 31.6 Å².